The van der Waals surface area contributed by atoms with Gasteiger partial charge in [0.15, 0.2) is 11.6 Å². The number of Topliss-reactive ketones (excluding diaryl/α,β-unsaturated/α-hetero) is 2. The second-order valence-corrected chi connectivity index (χ2v) is 6.96. The summed E-state index contributed by atoms with van der Waals surface area (Å²) in [5, 5.41) is 2.97. The molecule has 1 N–H and O–H groups in total. The van der Waals surface area contributed by atoms with E-state index in [1.807, 2.05) is 32.9 Å². The second kappa shape index (κ2) is 7.32. The molecule has 0 spiro atoms. The van der Waals surface area contributed by atoms with E-state index < -0.39 is 11.7 Å². The summed E-state index contributed by atoms with van der Waals surface area (Å²) in [7, 11) is 0. The first-order valence-electron chi connectivity index (χ1n) is 8.72. The highest BCUT2D eigenvalue weighted by molar-refractivity contribution is 6.15. The molecule has 1 heterocycles. The summed E-state index contributed by atoms with van der Waals surface area (Å²) in [5.41, 5.74) is 3.98. The standard InChI is InChI=1S/C20H22FN3O2/c1-11-6-12(2)17(13(3)7-11)18-16(25)8-14(19(18)26)4-5-22-20-23-9-15(21)10-24-20/h6-7,9-10,14,18H,4-5,8H2,1-3H3,(H,22,23,24). The van der Waals surface area contributed by atoms with E-state index in [1.54, 1.807) is 0 Å². The van der Waals surface area contributed by atoms with Crippen molar-refractivity contribution < 1.29 is 14.0 Å². The van der Waals surface area contributed by atoms with E-state index in [9.17, 15) is 14.0 Å². The van der Waals surface area contributed by atoms with Crippen molar-refractivity contribution in [3.8, 4) is 0 Å². The average molecular weight is 355 g/mol. The van der Waals surface area contributed by atoms with Gasteiger partial charge in [-0.1, -0.05) is 17.7 Å². The Labute approximate surface area is 152 Å². The van der Waals surface area contributed by atoms with Crippen LogP contribution in [0.5, 0.6) is 0 Å². The Bertz CT molecular complexity index is 826. The monoisotopic (exact) mass is 355 g/mol. The smallest absolute Gasteiger partial charge is 0.222 e. The fourth-order valence-corrected chi connectivity index (χ4v) is 3.81. The minimum absolute atomic E-state index is 0.00640. The normalized spacial score (nSPS) is 19.8. The highest BCUT2D eigenvalue weighted by Crippen LogP contribution is 2.37. The third-order valence-electron chi connectivity index (χ3n) is 4.88. The zero-order chi connectivity index (χ0) is 18.8. The number of hydrogen-bond acceptors (Lipinski definition) is 5. The molecule has 6 heteroatoms. The number of nitrogens with one attached hydrogen (secondary N) is 1. The number of hydrogen-bond donors (Lipinski definition) is 1. The fraction of sp³-hybridized carbons (Fsp3) is 0.400. The number of halogens is 1. The number of ketones is 2. The SMILES string of the molecule is Cc1cc(C)c(C2C(=O)CC(CCNc3ncc(F)cn3)C2=O)c(C)c1. The average Bonchev–Trinajstić information content (AvgIpc) is 2.84. The lowest BCUT2D eigenvalue weighted by Crippen LogP contribution is -2.19. The topological polar surface area (TPSA) is 72.0 Å². The largest absolute Gasteiger partial charge is 0.354 e. The van der Waals surface area contributed by atoms with Gasteiger partial charge in [0.2, 0.25) is 5.95 Å². The van der Waals surface area contributed by atoms with Crippen molar-refractivity contribution in [1.29, 1.82) is 0 Å². The second-order valence-electron chi connectivity index (χ2n) is 6.96. The molecule has 136 valence electrons. The first-order valence-corrected chi connectivity index (χ1v) is 8.72. The van der Waals surface area contributed by atoms with Crippen LogP contribution in [0, 0.1) is 32.5 Å². The summed E-state index contributed by atoms with van der Waals surface area (Å²) in [6.07, 6.45) is 2.95. The van der Waals surface area contributed by atoms with Crippen molar-refractivity contribution in [3.63, 3.8) is 0 Å². The molecule has 2 aromatic rings. The molecule has 0 bridgehead atoms. The fourth-order valence-electron chi connectivity index (χ4n) is 3.81. The van der Waals surface area contributed by atoms with E-state index in [0.29, 0.717) is 18.9 Å². The van der Waals surface area contributed by atoms with Crippen LogP contribution in [-0.2, 0) is 9.59 Å². The number of benzene rings is 1. The maximum atomic E-state index is 12.9. The van der Waals surface area contributed by atoms with Crippen LogP contribution in [0.4, 0.5) is 10.3 Å². The van der Waals surface area contributed by atoms with Crippen LogP contribution in [0.1, 0.15) is 41.0 Å². The molecule has 1 aromatic carbocycles. The van der Waals surface area contributed by atoms with E-state index >= 15 is 0 Å². The predicted octanol–water partition coefficient (Wildman–Crippen LogP) is 3.28. The van der Waals surface area contributed by atoms with Crippen LogP contribution in [0.25, 0.3) is 0 Å². The van der Waals surface area contributed by atoms with Crippen LogP contribution in [0.2, 0.25) is 0 Å². The summed E-state index contributed by atoms with van der Waals surface area (Å²) in [4.78, 5) is 33.1. The zero-order valence-electron chi connectivity index (χ0n) is 15.2. The first kappa shape index (κ1) is 18.2. The molecule has 0 amide bonds. The van der Waals surface area contributed by atoms with Crippen LogP contribution in [-0.4, -0.2) is 28.1 Å². The third-order valence-corrected chi connectivity index (χ3v) is 4.88. The third kappa shape index (κ3) is 3.64. The summed E-state index contributed by atoms with van der Waals surface area (Å²) >= 11 is 0. The molecule has 1 aliphatic rings. The van der Waals surface area contributed by atoms with Crippen molar-refractivity contribution in [1.82, 2.24) is 9.97 Å². The molecule has 0 aliphatic heterocycles. The van der Waals surface area contributed by atoms with Crippen molar-refractivity contribution in [2.45, 2.75) is 39.5 Å². The molecule has 0 radical (unpaired) electrons. The molecule has 26 heavy (non-hydrogen) atoms. The number of aromatic nitrogens is 2. The molecule has 1 fully saturated rings. The van der Waals surface area contributed by atoms with Gasteiger partial charge in [-0.05, 0) is 43.9 Å². The highest BCUT2D eigenvalue weighted by Gasteiger charge is 2.42. The van der Waals surface area contributed by atoms with Gasteiger partial charge in [0.25, 0.3) is 0 Å². The minimum Gasteiger partial charge on any atom is -0.354 e. The Balaban J connectivity index is 1.68. The van der Waals surface area contributed by atoms with Crippen molar-refractivity contribution in [2.24, 2.45) is 5.92 Å². The lowest BCUT2D eigenvalue weighted by atomic mass is 9.86. The Morgan fingerprint density at radius 3 is 2.35 bits per heavy atom. The lowest BCUT2D eigenvalue weighted by Gasteiger charge is -2.16. The molecule has 5 nitrogen and oxygen atoms in total. The first-order chi connectivity index (χ1) is 12.4. The number of anilines is 1. The lowest BCUT2D eigenvalue weighted by molar-refractivity contribution is -0.124. The summed E-state index contributed by atoms with van der Waals surface area (Å²) < 4.78 is 12.8. The van der Waals surface area contributed by atoms with E-state index in [2.05, 4.69) is 15.3 Å². The molecule has 3 rings (SSSR count). The van der Waals surface area contributed by atoms with Crippen LogP contribution >= 0.6 is 0 Å². The zero-order valence-corrected chi connectivity index (χ0v) is 15.2. The number of carbonyl (C=O) groups is 2. The van der Waals surface area contributed by atoms with Crippen LogP contribution in [0.15, 0.2) is 24.5 Å². The van der Waals surface area contributed by atoms with Crippen LogP contribution < -0.4 is 5.32 Å². The van der Waals surface area contributed by atoms with Gasteiger partial charge >= 0.3 is 0 Å². The van der Waals surface area contributed by atoms with E-state index in [0.717, 1.165) is 34.6 Å². The van der Waals surface area contributed by atoms with Gasteiger partial charge in [0, 0.05) is 18.9 Å². The molecule has 1 aliphatic carbocycles. The van der Waals surface area contributed by atoms with Gasteiger partial charge in [-0.15, -0.1) is 0 Å². The van der Waals surface area contributed by atoms with Gasteiger partial charge in [-0.2, -0.15) is 0 Å². The number of carbonyl (C=O) groups excluding carboxylic acids is 2. The maximum Gasteiger partial charge on any atom is 0.222 e. The van der Waals surface area contributed by atoms with Gasteiger partial charge in [0.1, 0.15) is 11.7 Å². The van der Waals surface area contributed by atoms with Crippen molar-refractivity contribution in [3.05, 3.63) is 52.6 Å². The Morgan fingerprint density at radius 1 is 1.12 bits per heavy atom. The van der Waals surface area contributed by atoms with E-state index in [1.165, 1.54) is 0 Å². The van der Waals surface area contributed by atoms with E-state index in [4.69, 9.17) is 0 Å². The Hall–Kier alpha value is -2.63. The molecule has 1 aromatic heterocycles. The molecular formula is C20H22FN3O2. The number of nitrogens with zero attached hydrogens (tertiary/aromatic N) is 2. The Kier molecular flexibility index (Phi) is 5.11. The summed E-state index contributed by atoms with van der Waals surface area (Å²) in [6.45, 7) is 6.37. The molecule has 2 atom stereocenters. The Morgan fingerprint density at radius 2 is 1.73 bits per heavy atom. The maximum absolute atomic E-state index is 12.9. The summed E-state index contributed by atoms with van der Waals surface area (Å²) in [6, 6.07) is 4.04. The van der Waals surface area contributed by atoms with Gasteiger partial charge in [-0.25, -0.2) is 14.4 Å². The van der Waals surface area contributed by atoms with E-state index in [-0.39, 0.29) is 23.9 Å². The quantitative estimate of drug-likeness (QED) is 0.834. The number of aryl methyl sites for hydroxylation is 3. The molecular weight excluding hydrogens is 333 g/mol. The minimum atomic E-state index is -0.650. The van der Waals surface area contributed by atoms with Gasteiger partial charge in [0.05, 0.1) is 12.4 Å². The number of rotatable bonds is 5. The molecule has 0 saturated heterocycles. The summed E-state index contributed by atoms with van der Waals surface area (Å²) in [5.74, 6) is -1.16. The van der Waals surface area contributed by atoms with Gasteiger partial charge < -0.3 is 5.32 Å². The van der Waals surface area contributed by atoms with Crippen molar-refractivity contribution in [2.75, 3.05) is 11.9 Å². The molecule has 1 saturated carbocycles. The van der Waals surface area contributed by atoms with Gasteiger partial charge in [-0.3, -0.25) is 9.59 Å². The van der Waals surface area contributed by atoms with Crippen LogP contribution in [0.3, 0.4) is 0 Å². The molecule has 2 unspecified atom stereocenters. The predicted molar refractivity (Wildman–Crippen MR) is 96.6 cm³/mol. The van der Waals surface area contributed by atoms with Crippen molar-refractivity contribution >= 4 is 17.5 Å². The highest BCUT2D eigenvalue weighted by atomic mass is 19.1.